The van der Waals surface area contributed by atoms with Crippen LogP contribution < -0.4 is 0 Å². The second kappa shape index (κ2) is 4.81. The quantitative estimate of drug-likeness (QED) is 0.811. The molecule has 0 unspecified atom stereocenters. The summed E-state index contributed by atoms with van der Waals surface area (Å²) in [6, 6.07) is 7.41. The van der Waals surface area contributed by atoms with Gasteiger partial charge in [0.2, 0.25) is 0 Å². The summed E-state index contributed by atoms with van der Waals surface area (Å²) in [6.45, 7) is 3.16. The van der Waals surface area contributed by atoms with Gasteiger partial charge in [0.25, 0.3) is 5.91 Å². The molecule has 0 saturated heterocycles. The Bertz CT molecular complexity index is 619. The number of carbonyl (C=O) groups is 1. The Balaban J connectivity index is 1.81. The average Bonchev–Trinajstić information content (AvgIpc) is 2.80. The molecule has 0 fully saturated rings. The van der Waals surface area contributed by atoms with Crippen molar-refractivity contribution in [3.8, 4) is 0 Å². The van der Waals surface area contributed by atoms with E-state index in [1.54, 1.807) is 4.90 Å². The SMILES string of the molecule is Cc1noc2c1CCN(C(=O)c1ccc(Br)cc1)C2. The van der Waals surface area contributed by atoms with Gasteiger partial charge < -0.3 is 9.42 Å². The summed E-state index contributed by atoms with van der Waals surface area (Å²) in [5.74, 6) is 0.849. The molecule has 4 nitrogen and oxygen atoms in total. The molecular formula is C14H13BrN2O2. The maximum absolute atomic E-state index is 12.4. The molecule has 0 radical (unpaired) electrons. The largest absolute Gasteiger partial charge is 0.359 e. The van der Waals surface area contributed by atoms with Crippen molar-refractivity contribution in [1.82, 2.24) is 10.1 Å². The molecule has 19 heavy (non-hydrogen) atoms. The van der Waals surface area contributed by atoms with Crippen LogP contribution in [0.1, 0.15) is 27.4 Å². The van der Waals surface area contributed by atoms with Crippen LogP contribution in [0.5, 0.6) is 0 Å². The number of hydrogen-bond acceptors (Lipinski definition) is 3. The zero-order valence-corrected chi connectivity index (χ0v) is 12.1. The number of rotatable bonds is 1. The van der Waals surface area contributed by atoms with Gasteiger partial charge in [-0.05, 0) is 37.6 Å². The van der Waals surface area contributed by atoms with Crippen molar-refractivity contribution in [2.45, 2.75) is 19.9 Å². The Kier molecular flexibility index (Phi) is 3.14. The van der Waals surface area contributed by atoms with Gasteiger partial charge in [0.05, 0.1) is 12.2 Å². The number of fused-ring (bicyclic) bond motifs is 1. The van der Waals surface area contributed by atoms with E-state index >= 15 is 0 Å². The smallest absolute Gasteiger partial charge is 0.254 e. The van der Waals surface area contributed by atoms with Crippen LogP contribution in [0, 0.1) is 6.92 Å². The number of aromatic nitrogens is 1. The number of amides is 1. The van der Waals surface area contributed by atoms with E-state index in [2.05, 4.69) is 21.1 Å². The molecule has 1 aromatic carbocycles. The van der Waals surface area contributed by atoms with Gasteiger partial charge in [-0.15, -0.1) is 0 Å². The molecule has 2 aromatic rings. The topological polar surface area (TPSA) is 46.3 Å². The molecule has 0 aliphatic carbocycles. The van der Waals surface area contributed by atoms with Gasteiger partial charge in [0.15, 0.2) is 5.76 Å². The Hall–Kier alpha value is -1.62. The van der Waals surface area contributed by atoms with Gasteiger partial charge in [-0.3, -0.25) is 4.79 Å². The minimum atomic E-state index is 0.0344. The minimum Gasteiger partial charge on any atom is -0.359 e. The van der Waals surface area contributed by atoms with Crippen LogP contribution >= 0.6 is 15.9 Å². The predicted octanol–water partition coefficient (Wildman–Crippen LogP) is 2.94. The third kappa shape index (κ3) is 2.30. The molecule has 98 valence electrons. The molecule has 0 atom stereocenters. The summed E-state index contributed by atoms with van der Waals surface area (Å²) in [5.41, 5.74) is 2.79. The van der Waals surface area contributed by atoms with Crippen molar-refractivity contribution in [1.29, 1.82) is 0 Å². The van der Waals surface area contributed by atoms with E-state index < -0.39 is 0 Å². The van der Waals surface area contributed by atoms with Gasteiger partial charge in [0, 0.05) is 22.1 Å². The van der Waals surface area contributed by atoms with Crippen molar-refractivity contribution < 1.29 is 9.32 Å². The van der Waals surface area contributed by atoms with Crippen LogP contribution in [-0.2, 0) is 13.0 Å². The van der Waals surface area contributed by atoms with E-state index in [-0.39, 0.29) is 5.91 Å². The molecule has 0 saturated carbocycles. The first-order chi connectivity index (χ1) is 9.15. The highest BCUT2D eigenvalue weighted by Crippen LogP contribution is 2.23. The van der Waals surface area contributed by atoms with Crippen molar-refractivity contribution in [3.05, 3.63) is 51.3 Å². The number of benzene rings is 1. The Morgan fingerprint density at radius 3 is 2.84 bits per heavy atom. The number of halogens is 1. The van der Waals surface area contributed by atoms with E-state index in [0.717, 1.165) is 27.9 Å². The lowest BCUT2D eigenvalue weighted by molar-refractivity contribution is 0.0716. The number of hydrogen-bond donors (Lipinski definition) is 0. The van der Waals surface area contributed by atoms with Crippen LogP contribution in [0.3, 0.4) is 0 Å². The molecule has 0 N–H and O–H groups in total. The van der Waals surface area contributed by atoms with Gasteiger partial charge >= 0.3 is 0 Å². The minimum absolute atomic E-state index is 0.0344. The zero-order chi connectivity index (χ0) is 13.4. The molecule has 3 rings (SSSR count). The lowest BCUT2D eigenvalue weighted by Gasteiger charge is -2.25. The summed E-state index contributed by atoms with van der Waals surface area (Å²) < 4.78 is 6.24. The van der Waals surface area contributed by atoms with Crippen molar-refractivity contribution in [3.63, 3.8) is 0 Å². The second-order valence-electron chi connectivity index (χ2n) is 4.65. The highest BCUT2D eigenvalue weighted by Gasteiger charge is 2.26. The third-order valence-electron chi connectivity index (χ3n) is 3.41. The molecule has 2 heterocycles. The van der Waals surface area contributed by atoms with Crippen molar-refractivity contribution in [2.75, 3.05) is 6.54 Å². The fraction of sp³-hybridized carbons (Fsp3) is 0.286. The van der Waals surface area contributed by atoms with E-state index in [0.29, 0.717) is 18.7 Å². The fourth-order valence-electron chi connectivity index (χ4n) is 2.33. The summed E-state index contributed by atoms with van der Waals surface area (Å²) >= 11 is 3.37. The summed E-state index contributed by atoms with van der Waals surface area (Å²) in [7, 11) is 0. The Labute approximate surface area is 119 Å². The van der Waals surface area contributed by atoms with Gasteiger partial charge in [-0.1, -0.05) is 21.1 Å². The lowest BCUT2D eigenvalue weighted by atomic mass is 10.0. The monoisotopic (exact) mass is 320 g/mol. The second-order valence-corrected chi connectivity index (χ2v) is 5.57. The third-order valence-corrected chi connectivity index (χ3v) is 3.94. The molecule has 0 bridgehead atoms. The van der Waals surface area contributed by atoms with E-state index in [1.807, 2.05) is 31.2 Å². The van der Waals surface area contributed by atoms with Crippen LogP contribution in [-0.4, -0.2) is 22.5 Å². The average molecular weight is 321 g/mol. The number of nitrogens with zero attached hydrogens (tertiary/aromatic N) is 2. The molecule has 1 aromatic heterocycles. The highest BCUT2D eigenvalue weighted by molar-refractivity contribution is 9.10. The van der Waals surface area contributed by atoms with E-state index in [9.17, 15) is 4.79 Å². The highest BCUT2D eigenvalue weighted by atomic mass is 79.9. The molecule has 5 heteroatoms. The summed E-state index contributed by atoms with van der Waals surface area (Å²) in [5, 5.41) is 3.96. The molecule has 0 spiro atoms. The van der Waals surface area contributed by atoms with Crippen molar-refractivity contribution >= 4 is 21.8 Å². The predicted molar refractivity (Wildman–Crippen MR) is 73.8 cm³/mol. The van der Waals surface area contributed by atoms with Crippen LogP contribution in [0.15, 0.2) is 33.3 Å². The maximum atomic E-state index is 12.4. The first kappa shape index (κ1) is 12.4. The van der Waals surface area contributed by atoms with Gasteiger partial charge in [-0.2, -0.15) is 0 Å². The van der Waals surface area contributed by atoms with Crippen LogP contribution in [0.2, 0.25) is 0 Å². The molecule has 1 aliphatic heterocycles. The molecule has 1 aliphatic rings. The van der Waals surface area contributed by atoms with E-state index in [4.69, 9.17) is 4.52 Å². The van der Waals surface area contributed by atoms with Gasteiger partial charge in [-0.25, -0.2) is 0 Å². The van der Waals surface area contributed by atoms with Gasteiger partial charge in [0.1, 0.15) is 0 Å². The maximum Gasteiger partial charge on any atom is 0.254 e. The summed E-state index contributed by atoms with van der Waals surface area (Å²) in [4.78, 5) is 14.2. The molecular weight excluding hydrogens is 308 g/mol. The summed E-state index contributed by atoms with van der Waals surface area (Å²) in [6.07, 6.45) is 0.812. The number of aryl methyl sites for hydroxylation is 1. The first-order valence-corrected chi connectivity index (χ1v) is 6.93. The lowest BCUT2D eigenvalue weighted by Crippen LogP contribution is -2.35. The van der Waals surface area contributed by atoms with Crippen molar-refractivity contribution in [2.24, 2.45) is 0 Å². The van der Waals surface area contributed by atoms with Crippen LogP contribution in [0.25, 0.3) is 0 Å². The zero-order valence-electron chi connectivity index (χ0n) is 10.5. The van der Waals surface area contributed by atoms with Crippen LogP contribution in [0.4, 0.5) is 0 Å². The van der Waals surface area contributed by atoms with E-state index in [1.165, 1.54) is 0 Å². The number of carbonyl (C=O) groups excluding carboxylic acids is 1. The standard InChI is InChI=1S/C14H13BrN2O2/c1-9-12-6-7-17(8-13(12)19-16-9)14(18)10-2-4-11(15)5-3-10/h2-5H,6-8H2,1H3. The Morgan fingerprint density at radius 2 is 2.11 bits per heavy atom. The normalized spacial score (nSPS) is 14.3. The fourth-order valence-corrected chi connectivity index (χ4v) is 2.59. The molecule has 1 amide bonds. The Morgan fingerprint density at radius 1 is 1.37 bits per heavy atom. The first-order valence-electron chi connectivity index (χ1n) is 6.14.